The van der Waals surface area contributed by atoms with Crippen molar-refractivity contribution in [1.29, 1.82) is 0 Å². The minimum atomic E-state index is 0. The Balaban J connectivity index is 0.00000450. The summed E-state index contributed by atoms with van der Waals surface area (Å²) >= 11 is 0. The van der Waals surface area contributed by atoms with Crippen LogP contribution in [0, 0.1) is 0 Å². The lowest BCUT2D eigenvalue weighted by Crippen LogP contribution is -2.38. The van der Waals surface area contributed by atoms with E-state index in [0.29, 0.717) is 37.1 Å². The van der Waals surface area contributed by atoms with Gasteiger partial charge in [0, 0.05) is 36.9 Å². The standard InChI is InChI=1S/C21H32N4O4.HI/c1-7-22-21(24-13-16-10-18(14(2)3)25-29-16)23-9-8-17-19(27-5)11-15(26-4)12-20(17)28-6;/h10-12,14H,7-9,13H2,1-6H3,(H2,22,23,24);1H. The predicted octanol–water partition coefficient (Wildman–Crippen LogP) is 3.74. The second-order valence-electron chi connectivity index (χ2n) is 6.76. The van der Waals surface area contributed by atoms with Crippen molar-refractivity contribution in [3.05, 3.63) is 35.2 Å². The van der Waals surface area contributed by atoms with Gasteiger partial charge in [-0.1, -0.05) is 19.0 Å². The number of hydrogen-bond acceptors (Lipinski definition) is 6. The van der Waals surface area contributed by atoms with E-state index in [1.165, 1.54) is 0 Å². The maximum atomic E-state index is 5.51. The molecule has 0 aliphatic carbocycles. The first kappa shape index (κ1) is 25.9. The molecule has 2 N–H and O–H groups in total. The molecule has 1 aromatic heterocycles. The third-order valence-electron chi connectivity index (χ3n) is 4.39. The second kappa shape index (κ2) is 13.2. The van der Waals surface area contributed by atoms with Crippen molar-refractivity contribution in [2.45, 2.75) is 39.7 Å². The van der Waals surface area contributed by atoms with Crippen LogP contribution in [0.3, 0.4) is 0 Å². The van der Waals surface area contributed by atoms with E-state index in [0.717, 1.165) is 35.1 Å². The first-order valence-electron chi connectivity index (χ1n) is 9.78. The minimum Gasteiger partial charge on any atom is -0.496 e. The van der Waals surface area contributed by atoms with Crippen molar-refractivity contribution in [2.75, 3.05) is 34.4 Å². The van der Waals surface area contributed by atoms with Gasteiger partial charge in [-0.15, -0.1) is 24.0 Å². The van der Waals surface area contributed by atoms with Crippen LogP contribution in [0.1, 0.15) is 43.7 Å². The van der Waals surface area contributed by atoms with Crippen LogP contribution in [0.5, 0.6) is 17.2 Å². The average Bonchev–Trinajstić information content (AvgIpc) is 3.21. The van der Waals surface area contributed by atoms with Crippen LogP contribution in [-0.2, 0) is 13.0 Å². The summed E-state index contributed by atoms with van der Waals surface area (Å²) in [5.74, 6) is 3.93. The van der Waals surface area contributed by atoms with E-state index >= 15 is 0 Å². The Labute approximate surface area is 195 Å². The summed E-state index contributed by atoms with van der Waals surface area (Å²) in [7, 11) is 4.90. The van der Waals surface area contributed by atoms with Gasteiger partial charge in [0.25, 0.3) is 0 Å². The molecule has 0 fully saturated rings. The highest BCUT2D eigenvalue weighted by molar-refractivity contribution is 14.0. The monoisotopic (exact) mass is 532 g/mol. The Hall–Kier alpha value is -2.17. The highest BCUT2D eigenvalue weighted by atomic mass is 127. The summed E-state index contributed by atoms with van der Waals surface area (Å²) in [5, 5.41) is 10.6. The molecule has 0 bridgehead atoms. The van der Waals surface area contributed by atoms with Crippen LogP contribution in [-0.4, -0.2) is 45.5 Å². The molecule has 2 aromatic rings. The van der Waals surface area contributed by atoms with Gasteiger partial charge in [-0.05, 0) is 19.3 Å². The molecule has 168 valence electrons. The van der Waals surface area contributed by atoms with Gasteiger partial charge in [-0.3, -0.25) is 0 Å². The lowest BCUT2D eigenvalue weighted by molar-refractivity contribution is 0.368. The van der Waals surface area contributed by atoms with E-state index in [1.807, 2.05) is 25.1 Å². The molecule has 0 amide bonds. The molecular formula is C21H33IN4O4. The summed E-state index contributed by atoms with van der Waals surface area (Å²) in [5.41, 5.74) is 1.91. The molecule has 0 radical (unpaired) electrons. The molecule has 0 aliphatic rings. The topological polar surface area (TPSA) is 90.1 Å². The molecule has 0 spiro atoms. The molecule has 0 aliphatic heterocycles. The van der Waals surface area contributed by atoms with Gasteiger partial charge in [0.05, 0.1) is 27.0 Å². The van der Waals surface area contributed by atoms with Gasteiger partial charge in [0.1, 0.15) is 23.8 Å². The van der Waals surface area contributed by atoms with E-state index in [-0.39, 0.29) is 24.0 Å². The molecule has 1 heterocycles. The van der Waals surface area contributed by atoms with Crippen LogP contribution < -0.4 is 24.8 Å². The normalized spacial score (nSPS) is 11.1. The van der Waals surface area contributed by atoms with Gasteiger partial charge < -0.3 is 29.4 Å². The Morgan fingerprint density at radius 1 is 1.07 bits per heavy atom. The number of guanidine groups is 1. The number of rotatable bonds is 10. The number of nitrogens with one attached hydrogen (secondary N) is 2. The molecule has 0 unspecified atom stereocenters. The fourth-order valence-electron chi connectivity index (χ4n) is 2.80. The highest BCUT2D eigenvalue weighted by Crippen LogP contribution is 2.34. The maximum Gasteiger partial charge on any atom is 0.191 e. The third kappa shape index (κ3) is 7.26. The van der Waals surface area contributed by atoms with Crippen molar-refractivity contribution >= 4 is 29.9 Å². The second-order valence-corrected chi connectivity index (χ2v) is 6.76. The largest absolute Gasteiger partial charge is 0.496 e. The van der Waals surface area contributed by atoms with Crippen molar-refractivity contribution in [2.24, 2.45) is 4.99 Å². The first-order valence-corrected chi connectivity index (χ1v) is 9.78. The highest BCUT2D eigenvalue weighted by Gasteiger charge is 2.13. The Morgan fingerprint density at radius 2 is 1.73 bits per heavy atom. The Bertz CT molecular complexity index is 783. The van der Waals surface area contributed by atoms with Crippen LogP contribution >= 0.6 is 24.0 Å². The van der Waals surface area contributed by atoms with E-state index in [2.05, 4.69) is 34.6 Å². The predicted molar refractivity (Wildman–Crippen MR) is 129 cm³/mol. The van der Waals surface area contributed by atoms with Gasteiger partial charge in [-0.25, -0.2) is 4.99 Å². The minimum absolute atomic E-state index is 0. The zero-order chi connectivity index (χ0) is 21.2. The molecule has 1 aromatic carbocycles. The zero-order valence-corrected chi connectivity index (χ0v) is 20.9. The number of methoxy groups -OCH3 is 3. The molecular weight excluding hydrogens is 499 g/mol. The number of benzene rings is 1. The van der Waals surface area contributed by atoms with Crippen molar-refractivity contribution in [3.63, 3.8) is 0 Å². The number of ether oxygens (including phenoxy) is 3. The number of aromatic nitrogens is 1. The fourth-order valence-corrected chi connectivity index (χ4v) is 2.80. The molecule has 0 saturated carbocycles. The van der Waals surface area contributed by atoms with Crippen LogP contribution in [0.25, 0.3) is 0 Å². The lowest BCUT2D eigenvalue weighted by Gasteiger charge is -2.16. The summed E-state index contributed by atoms with van der Waals surface area (Å²) in [6, 6.07) is 5.66. The SMILES string of the molecule is CCNC(=NCc1cc(C(C)C)no1)NCCc1c(OC)cc(OC)cc1OC.I. The molecule has 30 heavy (non-hydrogen) atoms. The third-order valence-corrected chi connectivity index (χ3v) is 4.39. The first-order chi connectivity index (χ1) is 14.0. The van der Waals surface area contributed by atoms with Crippen molar-refractivity contribution in [1.82, 2.24) is 15.8 Å². The summed E-state index contributed by atoms with van der Waals surface area (Å²) in [6.45, 7) is 8.02. The van der Waals surface area contributed by atoms with E-state index in [4.69, 9.17) is 18.7 Å². The van der Waals surface area contributed by atoms with Crippen LogP contribution in [0.2, 0.25) is 0 Å². The van der Waals surface area contributed by atoms with E-state index in [9.17, 15) is 0 Å². The van der Waals surface area contributed by atoms with Gasteiger partial charge in [0.2, 0.25) is 0 Å². The summed E-state index contributed by atoms with van der Waals surface area (Å²) in [6.07, 6.45) is 0.695. The quantitative estimate of drug-likeness (QED) is 0.274. The summed E-state index contributed by atoms with van der Waals surface area (Å²) in [4.78, 5) is 4.58. The molecule has 8 nitrogen and oxygen atoms in total. The van der Waals surface area contributed by atoms with Crippen LogP contribution in [0.4, 0.5) is 0 Å². The smallest absolute Gasteiger partial charge is 0.191 e. The fraction of sp³-hybridized carbons (Fsp3) is 0.524. The van der Waals surface area contributed by atoms with Crippen molar-refractivity contribution < 1.29 is 18.7 Å². The number of aliphatic imine (C=N–C) groups is 1. The van der Waals surface area contributed by atoms with Crippen LogP contribution in [0.15, 0.2) is 27.7 Å². The number of halogens is 1. The van der Waals surface area contributed by atoms with Gasteiger partial charge >= 0.3 is 0 Å². The molecule has 0 atom stereocenters. The molecule has 0 saturated heterocycles. The molecule has 2 rings (SSSR count). The summed E-state index contributed by atoms with van der Waals surface area (Å²) < 4.78 is 21.7. The lowest BCUT2D eigenvalue weighted by atomic mass is 10.1. The van der Waals surface area contributed by atoms with Gasteiger partial charge in [-0.2, -0.15) is 0 Å². The average molecular weight is 532 g/mol. The Kier molecular flexibility index (Phi) is 11.4. The van der Waals surface area contributed by atoms with E-state index in [1.54, 1.807) is 21.3 Å². The maximum absolute atomic E-state index is 5.51. The Morgan fingerprint density at radius 3 is 2.23 bits per heavy atom. The van der Waals surface area contributed by atoms with E-state index < -0.39 is 0 Å². The van der Waals surface area contributed by atoms with Gasteiger partial charge in [0.15, 0.2) is 11.7 Å². The number of nitrogens with zero attached hydrogens (tertiary/aromatic N) is 2. The molecule has 9 heteroatoms. The van der Waals surface area contributed by atoms with Crippen molar-refractivity contribution in [3.8, 4) is 17.2 Å². The zero-order valence-electron chi connectivity index (χ0n) is 18.6. The number of hydrogen-bond donors (Lipinski definition) is 2.